The summed E-state index contributed by atoms with van der Waals surface area (Å²) in [5.41, 5.74) is 5.78. The molecule has 2 heterocycles. The minimum Gasteiger partial charge on any atom is -0.337 e. The Kier molecular flexibility index (Phi) is 3.01. The molecule has 0 atom stereocenters. The molecule has 4 aromatic rings. The number of nitrogens with zero attached hydrogens (tertiary/aromatic N) is 3. The van der Waals surface area contributed by atoms with E-state index < -0.39 is 0 Å². The molecule has 106 valence electrons. The number of H-pyrrole nitrogens is 1. The van der Waals surface area contributed by atoms with Crippen molar-refractivity contribution in [3.05, 3.63) is 66.5 Å². The first-order chi connectivity index (χ1) is 10.9. The van der Waals surface area contributed by atoms with Crippen molar-refractivity contribution in [3.8, 4) is 0 Å². The maximum Gasteiger partial charge on any atom is 0.151 e. The van der Waals surface area contributed by atoms with Crippen LogP contribution >= 0.6 is 0 Å². The van der Waals surface area contributed by atoms with Gasteiger partial charge in [0.2, 0.25) is 0 Å². The van der Waals surface area contributed by atoms with Crippen molar-refractivity contribution < 1.29 is 0 Å². The Balaban J connectivity index is 1.55. The largest absolute Gasteiger partial charge is 0.337 e. The summed E-state index contributed by atoms with van der Waals surface area (Å²) in [4.78, 5) is 12.1. The number of benzene rings is 2. The number of pyridine rings is 1. The smallest absolute Gasteiger partial charge is 0.151 e. The van der Waals surface area contributed by atoms with Gasteiger partial charge in [0.1, 0.15) is 5.82 Å². The lowest BCUT2D eigenvalue weighted by Gasteiger charge is -2.01. The molecule has 0 saturated heterocycles. The zero-order valence-electron chi connectivity index (χ0n) is 11.7. The summed E-state index contributed by atoms with van der Waals surface area (Å²) >= 11 is 0. The van der Waals surface area contributed by atoms with E-state index in [2.05, 4.69) is 25.5 Å². The molecule has 0 fully saturated rings. The minimum absolute atomic E-state index is 0.700. The number of nitrogens with one attached hydrogen (secondary N) is 2. The zero-order chi connectivity index (χ0) is 14.8. The number of aromatic nitrogens is 3. The standard InChI is InChI=1S/C17H13N5/c1-2-6-13-12(5-1)9-10-16(19-13)22-18-11-17-20-14-7-3-4-8-15(14)21-17/h1-11H,(H,19,22)(H,20,21)/b18-11+. The van der Waals surface area contributed by atoms with Gasteiger partial charge in [-0.25, -0.2) is 9.97 Å². The van der Waals surface area contributed by atoms with Crippen LogP contribution in [0, 0.1) is 0 Å². The lowest BCUT2D eigenvalue weighted by Crippen LogP contribution is -1.94. The lowest BCUT2D eigenvalue weighted by atomic mass is 10.2. The fraction of sp³-hybridized carbons (Fsp3) is 0. The molecule has 0 bridgehead atoms. The van der Waals surface area contributed by atoms with Gasteiger partial charge in [-0.05, 0) is 30.3 Å². The predicted octanol–water partition coefficient (Wildman–Crippen LogP) is 3.56. The maximum absolute atomic E-state index is 4.49. The number of hydrazone groups is 1. The second-order valence-corrected chi connectivity index (χ2v) is 4.90. The number of hydrogen-bond donors (Lipinski definition) is 2. The van der Waals surface area contributed by atoms with Crippen molar-refractivity contribution in [2.45, 2.75) is 0 Å². The first kappa shape index (κ1) is 12.5. The summed E-state index contributed by atoms with van der Waals surface area (Å²) in [6, 6.07) is 19.8. The molecule has 22 heavy (non-hydrogen) atoms. The highest BCUT2D eigenvalue weighted by Crippen LogP contribution is 2.14. The van der Waals surface area contributed by atoms with Crippen LogP contribution in [0.2, 0.25) is 0 Å². The van der Waals surface area contributed by atoms with Crippen molar-refractivity contribution in [3.63, 3.8) is 0 Å². The molecule has 4 rings (SSSR count). The summed E-state index contributed by atoms with van der Waals surface area (Å²) in [6.45, 7) is 0. The zero-order valence-corrected chi connectivity index (χ0v) is 11.7. The van der Waals surface area contributed by atoms with Gasteiger partial charge in [-0.2, -0.15) is 5.10 Å². The van der Waals surface area contributed by atoms with E-state index in [0.717, 1.165) is 21.9 Å². The van der Waals surface area contributed by atoms with Crippen LogP contribution in [0.4, 0.5) is 5.82 Å². The predicted molar refractivity (Wildman–Crippen MR) is 89.1 cm³/mol. The summed E-state index contributed by atoms with van der Waals surface area (Å²) in [5.74, 6) is 1.40. The second kappa shape index (κ2) is 5.29. The molecule has 2 aromatic carbocycles. The number of para-hydroxylation sites is 3. The average Bonchev–Trinajstić information content (AvgIpc) is 2.97. The third-order valence-corrected chi connectivity index (χ3v) is 3.37. The highest BCUT2D eigenvalue weighted by atomic mass is 15.3. The Morgan fingerprint density at radius 3 is 2.59 bits per heavy atom. The number of anilines is 1. The molecule has 0 spiro atoms. The first-order valence-electron chi connectivity index (χ1n) is 6.98. The van der Waals surface area contributed by atoms with E-state index in [1.807, 2.05) is 60.7 Å². The van der Waals surface area contributed by atoms with Gasteiger partial charge in [-0.3, -0.25) is 5.43 Å². The molecule has 0 aliphatic carbocycles. The molecular formula is C17H13N5. The maximum atomic E-state index is 4.49. The normalized spacial score (nSPS) is 11.5. The third kappa shape index (κ3) is 2.40. The van der Waals surface area contributed by atoms with E-state index in [1.165, 1.54) is 0 Å². The van der Waals surface area contributed by atoms with Crippen molar-refractivity contribution in [1.82, 2.24) is 15.0 Å². The fourth-order valence-electron chi connectivity index (χ4n) is 2.32. The molecule has 5 nitrogen and oxygen atoms in total. The SMILES string of the molecule is C(=N\Nc1ccc2ccccc2n1)/c1nc2ccccc2[nH]1. The Morgan fingerprint density at radius 1 is 0.864 bits per heavy atom. The van der Waals surface area contributed by atoms with Crippen molar-refractivity contribution in [2.75, 3.05) is 5.43 Å². The summed E-state index contributed by atoms with van der Waals surface area (Å²) < 4.78 is 0. The Bertz CT molecular complexity index is 938. The van der Waals surface area contributed by atoms with E-state index in [0.29, 0.717) is 11.6 Å². The van der Waals surface area contributed by atoms with Crippen LogP contribution < -0.4 is 5.43 Å². The van der Waals surface area contributed by atoms with Crippen LogP contribution in [0.15, 0.2) is 65.8 Å². The fourth-order valence-corrected chi connectivity index (χ4v) is 2.32. The molecule has 0 unspecified atom stereocenters. The first-order valence-corrected chi connectivity index (χ1v) is 6.98. The average molecular weight is 287 g/mol. The van der Waals surface area contributed by atoms with Gasteiger partial charge in [-0.1, -0.05) is 30.3 Å². The van der Waals surface area contributed by atoms with Crippen LogP contribution in [0.25, 0.3) is 21.9 Å². The molecule has 2 N–H and O–H groups in total. The number of aromatic amines is 1. The Hall–Kier alpha value is -3.21. The minimum atomic E-state index is 0.700. The summed E-state index contributed by atoms with van der Waals surface area (Å²) in [6.07, 6.45) is 1.65. The van der Waals surface area contributed by atoms with Gasteiger partial charge < -0.3 is 4.98 Å². The van der Waals surface area contributed by atoms with Gasteiger partial charge >= 0.3 is 0 Å². The summed E-state index contributed by atoms with van der Waals surface area (Å²) in [5, 5.41) is 5.29. The second-order valence-electron chi connectivity index (χ2n) is 4.90. The van der Waals surface area contributed by atoms with Gasteiger partial charge in [0, 0.05) is 5.39 Å². The van der Waals surface area contributed by atoms with Crippen LogP contribution in [0.3, 0.4) is 0 Å². The van der Waals surface area contributed by atoms with Crippen molar-refractivity contribution >= 4 is 34.0 Å². The van der Waals surface area contributed by atoms with E-state index in [-0.39, 0.29) is 0 Å². The van der Waals surface area contributed by atoms with Gasteiger partial charge in [0.25, 0.3) is 0 Å². The van der Waals surface area contributed by atoms with Crippen molar-refractivity contribution in [2.24, 2.45) is 5.10 Å². The molecule has 0 saturated carbocycles. The topological polar surface area (TPSA) is 66.0 Å². The molecule has 0 amide bonds. The third-order valence-electron chi connectivity index (χ3n) is 3.37. The van der Waals surface area contributed by atoms with Crippen LogP contribution in [-0.2, 0) is 0 Å². The van der Waals surface area contributed by atoms with Crippen LogP contribution in [-0.4, -0.2) is 21.2 Å². The molecule has 0 aliphatic rings. The molecule has 5 heteroatoms. The highest BCUT2D eigenvalue weighted by molar-refractivity contribution is 5.84. The van der Waals surface area contributed by atoms with E-state index in [4.69, 9.17) is 0 Å². The van der Waals surface area contributed by atoms with Gasteiger partial charge in [-0.15, -0.1) is 0 Å². The number of rotatable bonds is 3. The van der Waals surface area contributed by atoms with E-state index >= 15 is 0 Å². The van der Waals surface area contributed by atoms with E-state index in [9.17, 15) is 0 Å². The molecule has 0 aliphatic heterocycles. The highest BCUT2D eigenvalue weighted by Gasteiger charge is 1.99. The molecule has 0 radical (unpaired) electrons. The lowest BCUT2D eigenvalue weighted by molar-refractivity contribution is 1.24. The Morgan fingerprint density at radius 2 is 1.68 bits per heavy atom. The van der Waals surface area contributed by atoms with Gasteiger partial charge in [0.05, 0.1) is 22.8 Å². The number of fused-ring (bicyclic) bond motifs is 2. The van der Waals surface area contributed by atoms with Crippen LogP contribution in [0.1, 0.15) is 5.82 Å². The van der Waals surface area contributed by atoms with Crippen molar-refractivity contribution in [1.29, 1.82) is 0 Å². The quantitative estimate of drug-likeness (QED) is 0.447. The Labute approximate surface area is 126 Å². The summed E-state index contributed by atoms with van der Waals surface area (Å²) in [7, 11) is 0. The molecule has 2 aromatic heterocycles. The number of imidazole rings is 1. The monoisotopic (exact) mass is 287 g/mol. The molecular weight excluding hydrogens is 274 g/mol. The number of hydrogen-bond acceptors (Lipinski definition) is 4. The van der Waals surface area contributed by atoms with E-state index in [1.54, 1.807) is 6.21 Å². The van der Waals surface area contributed by atoms with Crippen LogP contribution in [0.5, 0.6) is 0 Å². The van der Waals surface area contributed by atoms with Gasteiger partial charge in [0.15, 0.2) is 5.82 Å².